The van der Waals surface area contributed by atoms with Crippen LogP contribution in [0.5, 0.6) is 11.5 Å². The van der Waals surface area contributed by atoms with E-state index in [1.165, 1.54) is 0 Å². The monoisotopic (exact) mass is 302 g/mol. The maximum Gasteiger partial charge on any atom is 0.254 e. The molecule has 1 N–H and O–H groups in total. The van der Waals surface area contributed by atoms with E-state index in [0.717, 1.165) is 25.7 Å². The smallest absolute Gasteiger partial charge is 0.254 e. The van der Waals surface area contributed by atoms with Crippen molar-refractivity contribution >= 4 is 11.8 Å². The van der Waals surface area contributed by atoms with Crippen LogP contribution >= 0.6 is 0 Å². The summed E-state index contributed by atoms with van der Waals surface area (Å²) in [7, 11) is 0. The van der Waals surface area contributed by atoms with Crippen molar-refractivity contribution in [2.75, 3.05) is 13.3 Å². The van der Waals surface area contributed by atoms with Crippen molar-refractivity contribution < 1.29 is 19.1 Å². The van der Waals surface area contributed by atoms with Crippen molar-refractivity contribution in [3.63, 3.8) is 0 Å². The van der Waals surface area contributed by atoms with Crippen LogP contribution in [0.25, 0.3) is 0 Å². The van der Waals surface area contributed by atoms with Gasteiger partial charge in [0.2, 0.25) is 12.7 Å². The highest BCUT2D eigenvalue weighted by Gasteiger charge is 2.37. The molecule has 4 rings (SSSR count). The molecule has 1 unspecified atom stereocenters. The predicted octanol–water partition coefficient (Wildman–Crippen LogP) is 1.30. The van der Waals surface area contributed by atoms with E-state index in [-0.39, 0.29) is 24.6 Å². The molecule has 2 heterocycles. The van der Waals surface area contributed by atoms with E-state index in [1.54, 1.807) is 23.1 Å². The number of benzene rings is 1. The molecule has 1 aromatic rings. The molecule has 1 aromatic carbocycles. The number of likely N-dealkylation sites (tertiary alicyclic amines) is 1. The van der Waals surface area contributed by atoms with Crippen molar-refractivity contribution in [2.24, 2.45) is 0 Å². The average Bonchev–Trinajstić information content (AvgIpc) is 3.05. The lowest BCUT2D eigenvalue weighted by molar-refractivity contribution is -0.125. The number of amides is 2. The summed E-state index contributed by atoms with van der Waals surface area (Å²) in [5, 5.41) is 3.00. The largest absolute Gasteiger partial charge is 0.454 e. The normalized spacial score (nSPS) is 22.7. The number of hydrogen-bond acceptors (Lipinski definition) is 4. The fourth-order valence-corrected chi connectivity index (χ4v) is 3.00. The van der Waals surface area contributed by atoms with Crippen LogP contribution in [-0.2, 0) is 4.79 Å². The molecular formula is C16H18N2O4. The SMILES string of the molecule is O=C(NC1CC1)C1CCCN1C(=O)c1ccc2c(c1)OCO2. The maximum absolute atomic E-state index is 12.7. The summed E-state index contributed by atoms with van der Waals surface area (Å²) in [6.45, 7) is 0.805. The highest BCUT2D eigenvalue weighted by molar-refractivity contribution is 5.98. The standard InChI is InChI=1S/C16H18N2O4/c19-15(17-11-4-5-11)12-2-1-7-18(12)16(20)10-3-6-13-14(8-10)22-9-21-13/h3,6,8,11-12H,1-2,4-5,7,9H2,(H,17,19). The minimum Gasteiger partial charge on any atom is -0.454 e. The zero-order chi connectivity index (χ0) is 15.1. The molecule has 2 fully saturated rings. The summed E-state index contributed by atoms with van der Waals surface area (Å²) in [4.78, 5) is 26.7. The van der Waals surface area contributed by atoms with Crippen molar-refractivity contribution in [2.45, 2.75) is 37.8 Å². The predicted molar refractivity (Wildman–Crippen MR) is 77.8 cm³/mol. The van der Waals surface area contributed by atoms with Gasteiger partial charge in [0.15, 0.2) is 11.5 Å². The Kier molecular flexibility index (Phi) is 3.17. The fraction of sp³-hybridized carbons (Fsp3) is 0.500. The van der Waals surface area contributed by atoms with Crippen molar-refractivity contribution in [3.05, 3.63) is 23.8 Å². The number of nitrogens with zero attached hydrogens (tertiary/aromatic N) is 1. The lowest BCUT2D eigenvalue weighted by Crippen LogP contribution is -2.46. The summed E-state index contributed by atoms with van der Waals surface area (Å²) < 4.78 is 10.6. The third kappa shape index (κ3) is 2.38. The first-order valence-corrected chi connectivity index (χ1v) is 7.73. The number of carbonyl (C=O) groups excluding carboxylic acids is 2. The second kappa shape index (κ2) is 5.19. The number of rotatable bonds is 3. The van der Waals surface area contributed by atoms with Gasteiger partial charge in [0.05, 0.1) is 0 Å². The van der Waals surface area contributed by atoms with Crippen molar-refractivity contribution in [1.29, 1.82) is 0 Å². The molecule has 3 aliphatic rings. The van der Waals surface area contributed by atoms with Crippen LogP contribution in [0.1, 0.15) is 36.0 Å². The third-order valence-corrected chi connectivity index (χ3v) is 4.36. The molecule has 2 aliphatic heterocycles. The van der Waals surface area contributed by atoms with Gasteiger partial charge in [-0.05, 0) is 43.9 Å². The molecular weight excluding hydrogens is 284 g/mol. The van der Waals surface area contributed by atoms with E-state index in [2.05, 4.69) is 5.32 Å². The zero-order valence-corrected chi connectivity index (χ0v) is 12.2. The Hall–Kier alpha value is -2.24. The Morgan fingerprint density at radius 3 is 2.77 bits per heavy atom. The minimum absolute atomic E-state index is 0.0194. The van der Waals surface area contributed by atoms with Crippen LogP contribution in [-0.4, -0.2) is 42.1 Å². The van der Waals surface area contributed by atoms with E-state index in [4.69, 9.17) is 9.47 Å². The Morgan fingerprint density at radius 2 is 1.95 bits per heavy atom. The molecule has 0 aromatic heterocycles. The summed E-state index contributed by atoms with van der Waals surface area (Å²) in [6.07, 6.45) is 3.69. The molecule has 0 spiro atoms. The molecule has 0 bridgehead atoms. The van der Waals surface area contributed by atoms with Crippen LogP contribution in [0.15, 0.2) is 18.2 Å². The Morgan fingerprint density at radius 1 is 1.14 bits per heavy atom. The summed E-state index contributed by atoms with van der Waals surface area (Å²) in [5.41, 5.74) is 0.537. The highest BCUT2D eigenvalue weighted by Crippen LogP contribution is 2.33. The first kappa shape index (κ1) is 13.4. The highest BCUT2D eigenvalue weighted by atomic mass is 16.7. The van der Waals surface area contributed by atoms with Crippen LogP contribution in [0.3, 0.4) is 0 Å². The van der Waals surface area contributed by atoms with E-state index in [9.17, 15) is 9.59 Å². The van der Waals surface area contributed by atoms with Gasteiger partial charge in [-0.15, -0.1) is 0 Å². The van der Waals surface area contributed by atoms with E-state index >= 15 is 0 Å². The summed E-state index contributed by atoms with van der Waals surface area (Å²) in [5.74, 6) is 1.10. The number of ether oxygens (including phenoxy) is 2. The van der Waals surface area contributed by atoms with Gasteiger partial charge in [-0.2, -0.15) is 0 Å². The molecule has 116 valence electrons. The van der Waals surface area contributed by atoms with Crippen LogP contribution in [0.2, 0.25) is 0 Å². The molecule has 6 heteroatoms. The molecule has 22 heavy (non-hydrogen) atoms. The van der Waals surface area contributed by atoms with Gasteiger partial charge in [-0.3, -0.25) is 9.59 Å². The lowest BCUT2D eigenvalue weighted by atomic mass is 10.1. The van der Waals surface area contributed by atoms with Gasteiger partial charge in [0.25, 0.3) is 5.91 Å². The number of carbonyl (C=O) groups is 2. The molecule has 0 radical (unpaired) electrons. The maximum atomic E-state index is 12.7. The summed E-state index contributed by atoms with van der Waals surface area (Å²) >= 11 is 0. The van der Waals surface area contributed by atoms with Crippen LogP contribution < -0.4 is 14.8 Å². The van der Waals surface area contributed by atoms with Gasteiger partial charge in [0, 0.05) is 18.2 Å². The number of hydrogen-bond donors (Lipinski definition) is 1. The van der Waals surface area contributed by atoms with Crippen molar-refractivity contribution in [1.82, 2.24) is 10.2 Å². The zero-order valence-electron chi connectivity index (χ0n) is 12.2. The Bertz CT molecular complexity index is 627. The average molecular weight is 302 g/mol. The molecule has 6 nitrogen and oxygen atoms in total. The van der Waals surface area contributed by atoms with Crippen LogP contribution in [0.4, 0.5) is 0 Å². The van der Waals surface area contributed by atoms with E-state index < -0.39 is 0 Å². The molecule has 1 saturated heterocycles. The van der Waals surface area contributed by atoms with E-state index in [0.29, 0.717) is 29.6 Å². The van der Waals surface area contributed by atoms with E-state index in [1.807, 2.05) is 0 Å². The van der Waals surface area contributed by atoms with Gasteiger partial charge in [-0.25, -0.2) is 0 Å². The molecule has 1 aliphatic carbocycles. The first-order valence-electron chi connectivity index (χ1n) is 7.73. The Labute approximate surface area is 128 Å². The topological polar surface area (TPSA) is 67.9 Å². The van der Waals surface area contributed by atoms with Crippen molar-refractivity contribution in [3.8, 4) is 11.5 Å². The van der Waals surface area contributed by atoms with Gasteiger partial charge in [-0.1, -0.05) is 0 Å². The minimum atomic E-state index is -0.349. The Balaban J connectivity index is 1.52. The quantitative estimate of drug-likeness (QED) is 0.914. The summed E-state index contributed by atoms with van der Waals surface area (Å²) in [6, 6.07) is 5.13. The fourth-order valence-electron chi connectivity index (χ4n) is 3.00. The lowest BCUT2D eigenvalue weighted by Gasteiger charge is -2.24. The van der Waals surface area contributed by atoms with Gasteiger partial charge >= 0.3 is 0 Å². The molecule has 1 atom stereocenters. The first-order chi connectivity index (χ1) is 10.7. The molecule has 2 amide bonds. The molecule has 1 saturated carbocycles. The van der Waals surface area contributed by atoms with Gasteiger partial charge < -0.3 is 19.7 Å². The third-order valence-electron chi connectivity index (χ3n) is 4.36. The second-order valence-corrected chi connectivity index (χ2v) is 6.01. The van der Waals surface area contributed by atoms with Gasteiger partial charge in [0.1, 0.15) is 6.04 Å². The van der Waals surface area contributed by atoms with Crippen LogP contribution in [0, 0.1) is 0 Å². The second-order valence-electron chi connectivity index (χ2n) is 6.01. The number of fused-ring (bicyclic) bond motifs is 1. The number of nitrogens with one attached hydrogen (secondary N) is 1.